The van der Waals surface area contributed by atoms with Crippen LogP contribution >= 0.6 is 11.3 Å². The Kier molecular flexibility index (Phi) is 2.87. The molecule has 2 aromatic heterocycles. The SMILES string of the molecule is Cc1cc(C)cc(-c2[nH]nc(N)c2-c2cccs2)c1. The maximum atomic E-state index is 6.01. The summed E-state index contributed by atoms with van der Waals surface area (Å²) in [7, 11) is 0. The summed E-state index contributed by atoms with van der Waals surface area (Å²) in [5.41, 5.74) is 11.6. The monoisotopic (exact) mass is 269 g/mol. The Morgan fingerprint density at radius 1 is 1.16 bits per heavy atom. The van der Waals surface area contributed by atoms with Crippen molar-refractivity contribution in [2.24, 2.45) is 0 Å². The molecule has 0 atom stereocenters. The number of nitrogen functional groups attached to an aromatic ring is 1. The van der Waals surface area contributed by atoms with E-state index in [-0.39, 0.29) is 0 Å². The molecule has 2 heterocycles. The number of nitrogens with zero attached hydrogens (tertiary/aromatic N) is 1. The zero-order valence-corrected chi connectivity index (χ0v) is 11.7. The fourth-order valence-electron chi connectivity index (χ4n) is 2.35. The van der Waals surface area contributed by atoms with E-state index in [2.05, 4.69) is 48.3 Å². The molecular weight excluding hydrogens is 254 g/mol. The minimum absolute atomic E-state index is 0.552. The summed E-state index contributed by atoms with van der Waals surface area (Å²) < 4.78 is 0. The largest absolute Gasteiger partial charge is 0.382 e. The molecule has 0 unspecified atom stereocenters. The van der Waals surface area contributed by atoms with Crippen molar-refractivity contribution in [3.8, 4) is 21.7 Å². The van der Waals surface area contributed by atoms with Crippen molar-refractivity contribution in [3.63, 3.8) is 0 Å². The molecule has 0 saturated heterocycles. The Bertz CT molecular complexity index is 691. The van der Waals surface area contributed by atoms with E-state index in [9.17, 15) is 0 Å². The van der Waals surface area contributed by atoms with Gasteiger partial charge in [0.05, 0.1) is 11.3 Å². The third-order valence-electron chi connectivity index (χ3n) is 3.07. The van der Waals surface area contributed by atoms with Crippen LogP contribution in [0.3, 0.4) is 0 Å². The first-order valence-electron chi connectivity index (χ1n) is 6.11. The summed E-state index contributed by atoms with van der Waals surface area (Å²) in [5, 5.41) is 9.28. The van der Waals surface area contributed by atoms with Crippen LogP contribution in [0.15, 0.2) is 35.7 Å². The zero-order chi connectivity index (χ0) is 13.4. The number of hydrogen-bond donors (Lipinski definition) is 2. The molecule has 19 heavy (non-hydrogen) atoms. The van der Waals surface area contributed by atoms with E-state index in [0.29, 0.717) is 5.82 Å². The number of anilines is 1. The highest BCUT2D eigenvalue weighted by Gasteiger charge is 2.15. The second-order valence-electron chi connectivity index (χ2n) is 4.71. The minimum Gasteiger partial charge on any atom is -0.382 e. The standard InChI is InChI=1S/C15H15N3S/c1-9-6-10(2)8-11(7-9)14-13(15(16)18-17-14)12-4-3-5-19-12/h3-8H,1-2H3,(H3,16,17,18). The van der Waals surface area contributed by atoms with Gasteiger partial charge in [-0.3, -0.25) is 5.10 Å². The summed E-state index contributed by atoms with van der Waals surface area (Å²) in [6.07, 6.45) is 0. The molecule has 0 radical (unpaired) electrons. The molecule has 0 fully saturated rings. The van der Waals surface area contributed by atoms with Gasteiger partial charge in [0.2, 0.25) is 0 Å². The number of thiophene rings is 1. The van der Waals surface area contributed by atoms with Gasteiger partial charge >= 0.3 is 0 Å². The van der Waals surface area contributed by atoms with Gasteiger partial charge in [-0.15, -0.1) is 11.3 Å². The molecule has 3 nitrogen and oxygen atoms in total. The number of aryl methyl sites for hydroxylation is 2. The highest BCUT2D eigenvalue weighted by molar-refractivity contribution is 7.13. The molecule has 3 rings (SSSR count). The number of aromatic amines is 1. The van der Waals surface area contributed by atoms with E-state index < -0.39 is 0 Å². The van der Waals surface area contributed by atoms with Crippen molar-refractivity contribution >= 4 is 17.2 Å². The average molecular weight is 269 g/mol. The van der Waals surface area contributed by atoms with Crippen LogP contribution in [0.25, 0.3) is 21.7 Å². The minimum atomic E-state index is 0.552. The molecule has 0 aliphatic heterocycles. The first-order chi connectivity index (χ1) is 9.15. The highest BCUT2D eigenvalue weighted by Crippen LogP contribution is 2.37. The van der Waals surface area contributed by atoms with Crippen LogP contribution in [0.2, 0.25) is 0 Å². The maximum absolute atomic E-state index is 6.01. The zero-order valence-electron chi connectivity index (χ0n) is 10.9. The lowest BCUT2D eigenvalue weighted by molar-refractivity contribution is 1.10. The Balaban J connectivity index is 2.21. The number of nitrogens with two attached hydrogens (primary N) is 1. The van der Waals surface area contributed by atoms with Gasteiger partial charge in [0, 0.05) is 10.4 Å². The van der Waals surface area contributed by atoms with Crippen LogP contribution in [-0.4, -0.2) is 10.2 Å². The Hall–Kier alpha value is -2.07. The Morgan fingerprint density at radius 3 is 2.53 bits per heavy atom. The van der Waals surface area contributed by atoms with Crippen LogP contribution in [-0.2, 0) is 0 Å². The summed E-state index contributed by atoms with van der Waals surface area (Å²) in [6, 6.07) is 10.6. The van der Waals surface area contributed by atoms with E-state index in [0.717, 1.165) is 21.7 Å². The number of benzene rings is 1. The molecule has 3 N–H and O–H groups in total. The van der Waals surface area contributed by atoms with Gasteiger partial charge in [-0.05, 0) is 37.4 Å². The van der Waals surface area contributed by atoms with Crippen molar-refractivity contribution in [2.75, 3.05) is 5.73 Å². The Morgan fingerprint density at radius 2 is 1.89 bits per heavy atom. The van der Waals surface area contributed by atoms with Gasteiger partial charge in [-0.1, -0.05) is 23.3 Å². The number of nitrogens with one attached hydrogen (secondary N) is 1. The maximum Gasteiger partial charge on any atom is 0.154 e. The molecule has 4 heteroatoms. The summed E-state index contributed by atoms with van der Waals surface area (Å²) >= 11 is 1.67. The fraction of sp³-hybridized carbons (Fsp3) is 0.133. The van der Waals surface area contributed by atoms with Gasteiger partial charge in [-0.25, -0.2) is 0 Å². The number of aromatic nitrogens is 2. The summed E-state index contributed by atoms with van der Waals surface area (Å²) in [4.78, 5) is 1.14. The average Bonchev–Trinajstić information content (AvgIpc) is 2.96. The fourth-order valence-corrected chi connectivity index (χ4v) is 3.14. The van der Waals surface area contributed by atoms with Crippen molar-refractivity contribution in [3.05, 3.63) is 46.8 Å². The van der Waals surface area contributed by atoms with E-state index in [1.807, 2.05) is 11.4 Å². The van der Waals surface area contributed by atoms with Crippen LogP contribution in [0.5, 0.6) is 0 Å². The lowest BCUT2D eigenvalue weighted by Crippen LogP contribution is -1.87. The number of H-pyrrole nitrogens is 1. The molecule has 0 spiro atoms. The summed E-state index contributed by atoms with van der Waals surface area (Å²) in [5.74, 6) is 0.552. The van der Waals surface area contributed by atoms with Crippen LogP contribution in [0, 0.1) is 13.8 Å². The third kappa shape index (κ3) is 2.15. The first-order valence-corrected chi connectivity index (χ1v) is 6.99. The molecule has 1 aromatic carbocycles. The van der Waals surface area contributed by atoms with E-state index >= 15 is 0 Å². The van der Waals surface area contributed by atoms with Gasteiger partial charge in [0.1, 0.15) is 0 Å². The van der Waals surface area contributed by atoms with Gasteiger partial charge < -0.3 is 5.73 Å². The van der Waals surface area contributed by atoms with Gasteiger partial charge in [0.25, 0.3) is 0 Å². The third-order valence-corrected chi connectivity index (χ3v) is 3.96. The van der Waals surface area contributed by atoms with Crippen molar-refractivity contribution in [2.45, 2.75) is 13.8 Å². The first kappa shape index (κ1) is 12.0. The highest BCUT2D eigenvalue weighted by atomic mass is 32.1. The molecule has 0 aliphatic rings. The van der Waals surface area contributed by atoms with E-state index in [4.69, 9.17) is 5.73 Å². The smallest absolute Gasteiger partial charge is 0.154 e. The van der Waals surface area contributed by atoms with Gasteiger partial charge in [-0.2, -0.15) is 5.10 Å². The van der Waals surface area contributed by atoms with Crippen LogP contribution in [0.4, 0.5) is 5.82 Å². The Labute approximate surface area is 116 Å². The predicted octanol–water partition coefficient (Wildman–Crippen LogP) is 4.00. The molecule has 0 saturated carbocycles. The second-order valence-corrected chi connectivity index (χ2v) is 5.66. The van der Waals surface area contributed by atoms with Gasteiger partial charge in [0.15, 0.2) is 5.82 Å². The quantitative estimate of drug-likeness (QED) is 0.738. The van der Waals surface area contributed by atoms with Crippen LogP contribution in [0.1, 0.15) is 11.1 Å². The molecule has 96 valence electrons. The molecular formula is C15H15N3S. The van der Waals surface area contributed by atoms with E-state index in [1.54, 1.807) is 11.3 Å². The molecule has 3 aromatic rings. The normalized spacial score (nSPS) is 10.8. The van der Waals surface area contributed by atoms with Crippen molar-refractivity contribution < 1.29 is 0 Å². The number of rotatable bonds is 2. The van der Waals surface area contributed by atoms with E-state index in [1.165, 1.54) is 11.1 Å². The van der Waals surface area contributed by atoms with Crippen molar-refractivity contribution in [1.29, 1.82) is 0 Å². The lowest BCUT2D eigenvalue weighted by atomic mass is 10.0. The molecule has 0 amide bonds. The second kappa shape index (κ2) is 4.55. The van der Waals surface area contributed by atoms with Crippen LogP contribution < -0.4 is 5.73 Å². The number of hydrogen-bond acceptors (Lipinski definition) is 3. The van der Waals surface area contributed by atoms with Crippen molar-refractivity contribution in [1.82, 2.24) is 10.2 Å². The summed E-state index contributed by atoms with van der Waals surface area (Å²) in [6.45, 7) is 4.20. The lowest BCUT2D eigenvalue weighted by Gasteiger charge is -2.05. The molecule has 0 aliphatic carbocycles. The topological polar surface area (TPSA) is 54.7 Å². The molecule has 0 bridgehead atoms. The predicted molar refractivity (Wildman–Crippen MR) is 81.2 cm³/mol.